The quantitative estimate of drug-likeness (QED) is 0.543. The van der Waals surface area contributed by atoms with Crippen LogP contribution in [0.5, 0.6) is 0 Å². The fraction of sp³-hybridized carbons (Fsp3) is 0.462. The lowest BCUT2D eigenvalue weighted by Crippen LogP contribution is -1.99. The molecule has 0 heterocycles. The first-order valence-corrected chi connectivity index (χ1v) is 5.79. The molecule has 1 aromatic carbocycles. The average Bonchev–Trinajstić information content (AvgIpc) is 2.90. The summed E-state index contributed by atoms with van der Waals surface area (Å²) in [5.74, 6) is -0.266. The van der Waals surface area contributed by atoms with E-state index in [4.69, 9.17) is 0 Å². The molecule has 0 amide bonds. The molecule has 3 rings (SSSR count). The number of hydrogen-bond donors (Lipinski definition) is 0. The molecule has 0 bridgehead atoms. The van der Waals surface area contributed by atoms with E-state index in [-0.39, 0.29) is 18.7 Å². The van der Waals surface area contributed by atoms with E-state index in [1.165, 1.54) is 6.08 Å². The highest BCUT2D eigenvalue weighted by Crippen LogP contribution is 2.42. The molecule has 4 heteroatoms. The molecule has 88 valence electrons. The van der Waals surface area contributed by atoms with Crippen molar-refractivity contribution in [1.82, 2.24) is 0 Å². The molecule has 0 saturated heterocycles. The van der Waals surface area contributed by atoms with Crippen LogP contribution >= 0.6 is 0 Å². The molecule has 1 atom stereocenters. The Balaban J connectivity index is 2.31. The van der Waals surface area contributed by atoms with Gasteiger partial charge in [0.25, 0.3) is 0 Å². The van der Waals surface area contributed by atoms with Crippen LogP contribution in [0.4, 0.5) is 14.5 Å². The number of rotatable bonds is 1. The van der Waals surface area contributed by atoms with Gasteiger partial charge >= 0.3 is 0 Å². The SMILES string of the molecule is O=C=Nc1c2c(c(F)c3c1C[C@H](F)C3)CCC2. The Morgan fingerprint density at radius 3 is 2.59 bits per heavy atom. The summed E-state index contributed by atoms with van der Waals surface area (Å²) in [4.78, 5) is 14.1. The van der Waals surface area contributed by atoms with Crippen LogP contribution in [0, 0.1) is 5.82 Å². The maximum atomic E-state index is 14.2. The summed E-state index contributed by atoms with van der Waals surface area (Å²) in [6.45, 7) is 0. The van der Waals surface area contributed by atoms with Crippen LogP contribution in [-0.4, -0.2) is 12.3 Å². The lowest BCUT2D eigenvalue weighted by Gasteiger charge is -2.11. The Morgan fingerprint density at radius 1 is 1.12 bits per heavy atom. The van der Waals surface area contributed by atoms with Gasteiger partial charge in [-0.25, -0.2) is 13.6 Å². The number of nitrogens with zero attached hydrogens (tertiary/aromatic N) is 1. The molecule has 17 heavy (non-hydrogen) atoms. The van der Waals surface area contributed by atoms with Crippen molar-refractivity contribution >= 4 is 11.8 Å². The van der Waals surface area contributed by atoms with Gasteiger partial charge < -0.3 is 0 Å². The number of fused-ring (bicyclic) bond motifs is 2. The van der Waals surface area contributed by atoms with Crippen LogP contribution in [0.1, 0.15) is 28.7 Å². The molecular formula is C13H11F2NO. The molecule has 0 aromatic heterocycles. The maximum absolute atomic E-state index is 14.2. The molecule has 2 aliphatic rings. The van der Waals surface area contributed by atoms with E-state index < -0.39 is 6.17 Å². The van der Waals surface area contributed by atoms with Gasteiger partial charge in [-0.05, 0) is 41.5 Å². The van der Waals surface area contributed by atoms with Gasteiger partial charge in [0.15, 0.2) is 0 Å². The summed E-state index contributed by atoms with van der Waals surface area (Å²) in [5.41, 5.74) is 2.92. The number of isocyanates is 1. The van der Waals surface area contributed by atoms with Crippen LogP contribution in [0.2, 0.25) is 0 Å². The van der Waals surface area contributed by atoms with E-state index in [2.05, 4.69) is 4.99 Å². The largest absolute Gasteiger partial charge is 0.247 e. The van der Waals surface area contributed by atoms with E-state index >= 15 is 0 Å². The normalized spacial score (nSPS) is 20.9. The smallest absolute Gasteiger partial charge is 0.240 e. The third kappa shape index (κ3) is 1.44. The van der Waals surface area contributed by atoms with Gasteiger partial charge in [0, 0.05) is 12.8 Å². The minimum atomic E-state index is -1.05. The predicted octanol–water partition coefficient (Wildman–Crippen LogP) is 2.72. The molecule has 0 aliphatic heterocycles. The first-order chi connectivity index (χ1) is 8.22. The molecule has 2 aliphatic carbocycles. The summed E-state index contributed by atoms with van der Waals surface area (Å²) in [6, 6.07) is 0. The van der Waals surface area contributed by atoms with Gasteiger partial charge in [-0.3, -0.25) is 0 Å². The number of carbonyl (C=O) groups excluding carboxylic acids is 1. The fourth-order valence-electron chi connectivity index (χ4n) is 3.02. The van der Waals surface area contributed by atoms with Crippen molar-refractivity contribution in [2.75, 3.05) is 0 Å². The lowest BCUT2D eigenvalue weighted by atomic mass is 9.98. The van der Waals surface area contributed by atoms with E-state index in [0.717, 1.165) is 18.4 Å². The second-order valence-electron chi connectivity index (χ2n) is 4.64. The first kappa shape index (κ1) is 10.6. The van der Waals surface area contributed by atoms with Gasteiger partial charge in [-0.1, -0.05) is 0 Å². The van der Waals surface area contributed by atoms with E-state index in [9.17, 15) is 13.6 Å². The zero-order valence-electron chi connectivity index (χ0n) is 9.22. The van der Waals surface area contributed by atoms with Crippen LogP contribution in [0.15, 0.2) is 4.99 Å². The minimum Gasteiger partial charge on any atom is -0.247 e. The van der Waals surface area contributed by atoms with Crippen LogP contribution in [0.3, 0.4) is 0 Å². The molecule has 0 N–H and O–H groups in total. The van der Waals surface area contributed by atoms with Crippen molar-refractivity contribution in [3.05, 3.63) is 28.1 Å². The van der Waals surface area contributed by atoms with Gasteiger partial charge in [0.05, 0.1) is 5.69 Å². The highest BCUT2D eigenvalue weighted by molar-refractivity contribution is 5.66. The Kier molecular flexibility index (Phi) is 2.33. The zero-order valence-corrected chi connectivity index (χ0v) is 9.22. The highest BCUT2D eigenvalue weighted by atomic mass is 19.1. The number of benzene rings is 1. The summed E-state index contributed by atoms with van der Waals surface area (Å²) in [7, 11) is 0. The van der Waals surface area contributed by atoms with Crippen molar-refractivity contribution in [3.8, 4) is 0 Å². The molecule has 1 aromatic rings. The van der Waals surface area contributed by atoms with Gasteiger partial charge in [-0.2, -0.15) is 4.99 Å². The van der Waals surface area contributed by atoms with Crippen molar-refractivity contribution in [2.24, 2.45) is 4.99 Å². The van der Waals surface area contributed by atoms with Crippen molar-refractivity contribution < 1.29 is 13.6 Å². The van der Waals surface area contributed by atoms with Gasteiger partial charge in [0.2, 0.25) is 6.08 Å². The zero-order chi connectivity index (χ0) is 12.0. The average molecular weight is 235 g/mol. The molecule has 0 unspecified atom stereocenters. The Hall–Kier alpha value is -1.54. The second-order valence-corrected chi connectivity index (χ2v) is 4.64. The number of alkyl halides is 1. The number of hydrogen-bond acceptors (Lipinski definition) is 2. The monoisotopic (exact) mass is 235 g/mol. The van der Waals surface area contributed by atoms with Crippen LogP contribution < -0.4 is 0 Å². The number of aliphatic imine (C=N–C) groups is 1. The predicted molar refractivity (Wildman–Crippen MR) is 58.5 cm³/mol. The lowest BCUT2D eigenvalue weighted by molar-refractivity contribution is 0.347. The fourth-order valence-corrected chi connectivity index (χ4v) is 3.02. The molecule has 2 nitrogen and oxygen atoms in total. The first-order valence-electron chi connectivity index (χ1n) is 5.79. The Labute approximate surface area is 97.4 Å². The van der Waals surface area contributed by atoms with E-state index in [1.807, 2.05) is 0 Å². The highest BCUT2D eigenvalue weighted by Gasteiger charge is 2.32. The van der Waals surface area contributed by atoms with Crippen LogP contribution in [-0.2, 0) is 30.5 Å². The summed E-state index contributed by atoms with van der Waals surface area (Å²) in [5, 5.41) is 0. The third-order valence-electron chi connectivity index (χ3n) is 3.69. The summed E-state index contributed by atoms with van der Waals surface area (Å²) >= 11 is 0. The second kappa shape index (κ2) is 3.74. The van der Waals surface area contributed by atoms with Crippen LogP contribution in [0.25, 0.3) is 0 Å². The van der Waals surface area contributed by atoms with Crippen molar-refractivity contribution in [2.45, 2.75) is 38.3 Å². The van der Waals surface area contributed by atoms with Gasteiger partial charge in [0.1, 0.15) is 12.0 Å². The Morgan fingerprint density at radius 2 is 1.82 bits per heavy atom. The summed E-state index contributed by atoms with van der Waals surface area (Å²) in [6.07, 6.45) is 2.98. The molecule has 0 saturated carbocycles. The number of halogens is 2. The van der Waals surface area contributed by atoms with Gasteiger partial charge in [-0.15, -0.1) is 0 Å². The molecular weight excluding hydrogens is 224 g/mol. The Bertz CT molecular complexity index is 547. The van der Waals surface area contributed by atoms with E-state index in [0.29, 0.717) is 28.8 Å². The topological polar surface area (TPSA) is 29.4 Å². The van der Waals surface area contributed by atoms with Crippen molar-refractivity contribution in [3.63, 3.8) is 0 Å². The third-order valence-corrected chi connectivity index (χ3v) is 3.69. The van der Waals surface area contributed by atoms with E-state index in [1.54, 1.807) is 0 Å². The maximum Gasteiger partial charge on any atom is 0.240 e. The summed E-state index contributed by atoms with van der Waals surface area (Å²) < 4.78 is 27.6. The minimum absolute atomic E-state index is 0.107. The molecule has 0 fully saturated rings. The molecule has 0 spiro atoms. The standard InChI is InChI=1S/C13H11F2NO/c14-7-4-10-11(5-7)13(16-6-17)9-3-1-2-8(9)12(10)15/h7H,1-5H2/t7-/m1/s1. The molecule has 0 radical (unpaired) electrons. The van der Waals surface area contributed by atoms with Crippen molar-refractivity contribution in [1.29, 1.82) is 0 Å².